The van der Waals surface area contributed by atoms with Gasteiger partial charge in [-0.3, -0.25) is 4.79 Å². The summed E-state index contributed by atoms with van der Waals surface area (Å²) in [4.78, 5) is 10.2. The highest BCUT2D eigenvalue weighted by Crippen LogP contribution is 2.04. The van der Waals surface area contributed by atoms with Gasteiger partial charge in [0, 0.05) is 0 Å². The van der Waals surface area contributed by atoms with Crippen LogP contribution in [0, 0.1) is 5.92 Å². The number of aliphatic carboxylic acids is 1. The molecule has 0 aliphatic carbocycles. The van der Waals surface area contributed by atoms with Gasteiger partial charge in [-0.2, -0.15) is 0 Å². The van der Waals surface area contributed by atoms with Crippen LogP contribution in [0.2, 0.25) is 0 Å². The number of carbonyl (C=O) groups is 1. The van der Waals surface area contributed by atoms with Gasteiger partial charge >= 0.3 is 5.97 Å². The van der Waals surface area contributed by atoms with Crippen LogP contribution in [0.1, 0.15) is 19.8 Å². The van der Waals surface area contributed by atoms with Crippen molar-refractivity contribution in [3.05, 3.63) is 0 Å². The summed E-state index contributed by atoms with van der Waals surface area (Å²) in [5.74, 6) is -1.13. The molecular formula is C6H14N2O2. The van der Waals surface area contributed by atoms with Gasteiger partial charge in [0.25, 0.3) is 0 Å². The number of carboxylic acid groups (broad SMARTS) is 1. The van der Waals surface area contributed by atoms with Crippen LogP contribution in [0.3, 0.4) is 0 Å². The van der Waals surface area contributed by atoms with Gasteiger partial charge in [0.1, 0.15) is 0 Å². The fourth-order valence-electron chi connectivity index (χ4n) is 0.566. The van der Waals surface area contributed by atoms with Crippen LogP contribution in [-0.4, -0.2) is 17.2 Å². The van der Waals surface area contributed by atoms with E-state index in [-0.39, 0.29) is 12.1 Å². The molecule has 0 fully saturated rings. The van der Waals surface area contributed by atoms with Gasteiger partial charge in [-0.1, -0.05) is 6.92 Å². The van der Waals surface area contributed by atoms with Gasteiger partial charge < -0.3 is 16.6 Å². The predicted molar refractivity (Wildman–Crippen MR) is 38.2 cm³/mol. The smallest absolute Gasteiger partial charge is 0.306 e. The maximum absolute atomic E-state index is 10.2. The summed E-state index contributed by atoms with van der Waals surface area (Å²) in [5, 5.41) is 8.41. The highest BCUT2D eigenvalue weighted by molar-refractivity contribution is 5.69. The molecule has 0 radical (unpaired) electrons. The third kappa shape index (κ3) is 4.29. The van der Waals surface area contributed by atoms with Gasteiger partial charge in [0.05, 0.1) is 12.1 Å². The summed E-state index contributed by atoms with van der Waals surface area (Å²) in [7, 11) is 0. The largest absolute Gasteiger partial charge is 0.481 e. The van der Waals surface area contributed by atoms with Crippen molar-refractivity contribution < 1.29 is 9.90 Å². The van der Waals surface area contributed by atoms with E-state index in [0.29, 0.717) is 12.8 Å². The lowest BCUT2D eigenvalue weighted by Crippen LogP contribution is -2.31. The highest BCUT2D eigenvalue weighted by Gasteiger charge is 2.10. The molecule has 0 aromatic rings. The van der Waals surface area contributed by atoms with Crippen molar-refractivity contribution in [2.75, 3.05) is 0 Å². The Morgan fingerprint density at radius 1 is 1.50 bits per heavy atom. The van der Waals surface area contributed by atoms with Crippen molar-refractivity contribution in [1.29, 1.82) is 0 Å². The van der Waals surface area contributed by atoms with Crippen LogP contribution >= 0.6 is 0 Å². The van der Waals surface area contributed by atoms with Gasteiger partial charge in [0.15, 0.2) is 0 Å². The zero-order valence-electron chi connectivity index (χ0n) is 6.08. The molecule has 0 saturated carbocycles. The minimum Gasteiger partial charge on any atom is -0.481 e. The minimum atomic E-state index is -0.791. The highest BCUT2D eigenvalue weighted by atomic mass is 16.4. The minimum absolute atomic E-state index is 0.338. The van der Waals surface area contributed by atoms with Crippen molar-refractivity contribution >= 4 is 5.97 Å². The Hall–Kier alpha value is -0.610. The monoisotopic (exact) mass is 146 g/mol. The van der Waals surface area contributed by atoms with E-state index in [1.165, 1.54) is 0 Å². The summed E-state index contributed by atoms with van der Waals surface area (Å²) < 4.78 is 0. The Morgan fingerprint density at radius 2 is 2.00 bits per heavy atom. The number of hydrogen-bond acceptors (Lipinski definition) is 3. The first-order valence-electron chi connectivity index (χ1n) is 3.28. The van der Waals surface area contributed by atoms with E-state index in [0.717, 1.165) is 0 Å². The number of nitrogens with two attached hydrogens (primary N) is 2. The standard InChI is InChI=1S/C6H14N2O2/c1-4(6(9)10)2-3-5(7)8/h4-5H,2-3,7-8H2,1H3,(H,9,10). The molecule has 60 valence electrons. The van der Waals surface area contributed by atoms with Crippen LogP contribution in [0.25, 0.3) is 0 Å². The van der Waals surface area contributed by atoms with Crippen molar-refractivity contribution in [3.63, 3.8) is 0 Å². The molecule has 0 spiro atoms. The molecule has 0 aromatic heterocycles. The first kappa shape index (κ1) is 9.39. The van der Waals surface area contributed by atoms with Gasteiger partial charge in [-0.15, -0.1) is 0 Å². The molecule has 0 bridgehead atoms. The van der Waals surface area contributed by atoms with Gasteiger partial charge in [-0.25, -0.2) is 0 Å². The first-order chi connectivity index (χ1) is 4.54. The van der Waals surface area contributed by atoms with E-state index in [2.05, 4.69) is 0 Å². The lowest BCUT2D eigenvalue weighted by Gasteiger charge is -2.07. The molecule has 0 aliphatic rings. The van der Waals surface area contributed by atoms with E-state index in [4.69, 9.17) is 16.6 Å². The molecular weight excluding hydrogens is 132 g/mol. The summed E-state index contributed by atoms with van der Waals surface area (Å²) in [6.07, 6.45) is 0.724. The van der Waals surface area contributed by atoms with E-state index >= 15 is 0 Å². The molecule has 1 atom stereocenters. The second-order valence-corrected chi connectivity index (χ2v) is 2.48. The third-order valence-corrected chi connectivity index (χ3v) is 1.35. The van der Waals surface area contributed by atoms with Crippen LogP contribution < -0.4 is 11.5 Å². The molecule has 1 unspecified atom stereocenters. The number of rotatable bonds is 4. The number of hydrogen-bond donors (Lipinski definition) is 3. The first-order valence-corrected chi connectivity index (χ1v) is 3.28. The molecule has 0 rings (SSSR count). The Balaban J connectivity index is 3.40. The topological polar surface area (TPSA) is 89.3 Å². The molecule has 0 amide bonds. The summed E-state index contributed by atoms with van der Waals surface area (Å²) in [5.41, 5.74) is 10.5. The fourth-order valence-corrected chi connectivity index (χ4v) is 0.566. The molecule has 0 heterocycles. The van der Waals surface area contributed by atoms with Crippen molar-refractivity contribution in [1.82, 2.24) is 0 Å². The molecule has 5 N–H and O–H groups in total. The molecule has 4 nitrogen and oxygen atoms in total. The molecule has 10 heavy (non-hydrogen) atoms. The Kier molecular flexibility index (Phi) is 3.99. The van der Waals surface area contributed by atoms with E-state index in [1.807, 2.05) is 0 Å². The van der Waals surface area contributed by atoms with Crippen molar-refractivity contribution in [2.24, 2.45) is 17.4 Å². The lowest BCUT2D eigenvalue weighted by atomic mass is 10.1. The summed E-state index contributed by atoms with van der Waals surface area (Å²) >= 11 is 0. The quantitative estimate of drug-likeness (QED) is 0.476. The van der Waals surface area contributed by atoms with Crippen molar-refractivity contribution in [2.45, 2.75) is 25.9 Å². The predicted octanol–water partition coefficient (Wildman–Crippen LogP) is -0.269. The lowest BCUT2D eigenvalue weighted by molar-refractivity contribution is -0.141. The van der Waals surface area contributed by atoms with E-state index in [9.17, 15) is 4.79 Å². The van der Waals surface area contributed by atoms with Crippen LogP contribution in [0.15, 0.2) is 0 Å². The second-order valence-electron chi connectivity index (χ2n) is 2.48. The normalized spacial score (nSPS) is 13.6. The summed E-state index contributed by atoms with van der Waals surface area (Å²) in [6, 6.07) is 0. The Morgan fingerprint density at radius 3 is 2.30 bits per heavy atom. The third-order valence-electron chi connectivity index (χ3n) is 1.35. The van der Waals surface area contributed by atoms with Crippen LogP contribution in [0.4, 0.5) is 0 Å². The Labute approximate surface area is 60.2 Å². The fraction of sp³-hybridized carbons (Fsp3) is 0.833. The van der Waals surface area contributed by atoms with E-state index < -0.39 is 5.97 Å². The maximum Gasteiger partial charge on any atom is 0.306 e. The second kappa shape index (κ2) is 4.24. The summed E-state index contributed by atoms with van der Waals surface area (Å²) in [6.45, 7) is 1.64. The van der Waals surface area contributed by atoms with Gasteiger partial charge in [-0.05, 0) is 12.8 Å². The molecule has 0 aliphatic heterocycles. The maximum atomic E-state index is 10.2. The molecule has 0 saturated heterocycles. The van der Waals surface area contributed by atoms with E-state index in [1.54, 1.807) is 6.92 Å². The van der Waals surface area contributed by atoms with Crippen molar-refractivity contribution in [3.8, 4) is 0 Å². The van der Waals surface area contributed by atoms with Crippen LogP contribution in [0.5, 0.6) is 0 Å². The average molecular weight is 146 g/mol. The van der Waals surface area contributed by atoms with Crippen LogP contribution in [-0.2, 0) is 4.79 Å². The average Bonchev–Trinajstić information content (AvgIpc) is 1.82. The SMILES string of the molecule is CC(CCC(N)N)C(=O)O. The molecule has 0 aromatic carbocycles. The van der Waals surface area contributed by atoms with Gasteiger partial charge in [0.2, 0.25) is 0 Å². The zero-order valence-corrected chi connectivity index (χ0v) is 6.08. The zero-order chi connectivity index (χ0) is 8.15. The Bertz CT molecular complexity index is 114. The number of carboxylic acids is 1. The molecule has 4 heteroatoms.